The number of primary amides is 1. The van der Waals surface area contributed by atoms with E-state index in [2.05, 4.69) is 6.07 Å². The summed E-state index contributed by atoms with van der Waals surface area (Å²) in [5, 5.41) is 10.0. The molecule has 30 heavy (non-hydrogen) atoms. The second-order valence-corrected chi connectivity index (χ2v) is 8.07. The van der Waals surface area contributed by atoms with Crippen LogP contribution >= 0.6 is 0 Å². The molecule has 1 fully saturated rings. The summed E-state index contributed by atoms with van der Waals surface area (Å²) in [6, 6.07) is 5.97. The normalized spacial score (nSPS) is 17.9. The van der Waals surface area contributed by atoms with Gasteiger partial charge >= 0.3 is 11.8 Å². The number of nitriles is 1. The Morgan fingerprint density at radius 3 is 2.57 bits per heavy atom. The zero-order valence-corrected chi connectivity index (χ0v) is 17.0. The molecule has 0 radical (unpaired) electrons. The van der Waals surface area contributed by atoms with E-state index in [0.29, 0.717) is 62.0 Å². The topological polar surface area (TPSA) is 126 Å². The zero-order chi connectivity index (χ0) is 21.5. The second kappa shape index (κ2) is 7.46. The molecular weight excluding hydrogens is 386 g/mol. The third kappa shape index (κ3) is 3.50. The molecular formula is C21H23N5O4. The van der Waals surface area contributed by atoms with Crippen LogP contribution in [0.15, 0.2) is 22.8 Å². The Bertz CT molecular complexity index is 1030. The molecule has 1 saturated heterocycles. The van der Waals surface area contributed by atoms with Gasteiger partial charge in [0, 0.05) is 38.2 Å². The van der Waals surface area contributed by atoms with Gasteiger partial charge in [0.25, 0.3) is 0 Å². The van der Waals surface area contributed by atoms with Crippen LogP contribution in [0.1, 0.15) is 30.5 Å². The van der Waals surface area contributed by atoms with Gasteiger partial charge in [0.05, 0.1) is 24.0 Å². The van der Waals surface area contributed by atoms with Crippen LogP contribution in [0.5, 0.6) is 0 Å². The van der Waals surface area contributed by atoms with Crippen LogP contribution in [0.25, 0.3) is 11.5 Å². The molecule has 156 valence electrons. The summed E-state index contributed by atoms with van der Waals surface area (Å²) in [6.07, 6.45) is 2.16. The monoisotopic (exact) mass is 409 g/mol. The molecule has 2 aliphatic heterocycles. The van der Waals surface area contributed by atoms with E-state index in [9.17, 15) is 14.9 Å². The summed E-state index contributed by atoms with van der Waals surface area (Å²) in [7, 11) is 0. The minimum Gasteiger partial charge on any atom is -0.463 e. The smallest absolute Gasteiger partial charge is 0.311 e. The summed E-state index contributed by atoms with van der Waals surface area (Å²) in [6.45, 7) is 5.89. The number of ether oxygens (including phenoxy) is 1. The van der Waals surface area contributed by atoms with E-state index in [-0.39, 0.29) is 0 Å². The van der Waals surface area contributed by atoms with Gasteiger partial charge in [-0.2, -0.15) is 5.26 Å². The van der Waals surface area contributed by atoms with Gasteiger partial charge < -0.3 is 24.7 Å². The fourth-order valence-electron chi connectivity index (χ4n) is 3.99. The molecule has 4 rings (SSSR count). The van der Waals surface area contributed by atoms with Crippen molar-refractivity contribution in [1.82, 2.24) is 9.88 Å². The lowest BCUT2D eigenvalue weighted by Crippen LogP contribution is -2.52. The van der Waals surface area contributed by atoms with Gasteiger partial charge in [-0.3, -0.25) is 9.59 Å². The summed E-state index contributed by atoms with van der Waals surface area (Å²) in [5.41, 5.74) is 7.68. The minimum atomic E-state index is -0.963. The van der Waals surface area contributed by atoms with E-state index in [1.807, 2.05) is 24.8 Å². The van der Waals surface area contributed by atoms with Crippen molar-refractivity contribution in [2.45, 2.75) is 32.5 Å². The van der Waals surface area contributed by atoms with Gasteiger partial charge in [0.2, 0.25) is 0 Å². The lowest BCUT2D eigenvalue weighted by Gasteiger charge is -2.37. The lowest BCUT2D eigenvalue weighted by atomic mass is 9.87. The van der Waals surface area contributed by atoms with Gasteiger partial charge in [0.15, 0.2) is 5.76 Å². The zero-order valence-electron chi connectivity index (χ0n) is 17.0. The van der Waals surface area contributed by atoms with E-state index in [4.69, 9.17) is 19.9 Å². The summed E-state index contributed by atoms with van der Waals surface area (Å²) in [5.74, 6) is -0.478. The maximum absolute atomic E-state index is 11.9. The van der Waals surface area contributed by atoms with E-state index >= 15 is 0 Å². The number of nitrogens with two attached hydrogens (primary N) is 1. The SMILES string of the molecule is CC1(C)Cc2c(C#N)c(N3CCN(C(=O)C(N)=O)CC3)nc(-c3ccco3)c2CO1. The Kier molecular flexibility index (Phi) is 4.95. The number of carbonyl (C=O) groups is 2. The highest BCUT2D eigenvalue weighted by Crippen LogP contribution is 2.39. The number of hydrogen-bond acceptors (Lipinski definition) is 7. The number of fused-ring (bicyclic) bond motifs is 1. The number of aromatic nitrogens is 1. The van der Waals surface area contributed by atoms with Crippen molar-refractivity contribution < 1.29 is 18.7 Å². The first-order chi connectivity index (χ1) is 14.3. The molecule has 2 aromatic heterocycles. The number of rotatable bonds is 2. The van der Waals surface area contributed by atoms with E-state index < -0.39 is 17.4 Å². The second-order valence-electron chi connectivity index (χ2n) is 8.07. The highest BCUT2D eigenvalue weighted by Gasteiger charge is 2.34. The molecule has 9 heteroatoms. The third-order valence-corrected chi connectivity index (χ3v) is 5.55. The van der Waals surface area contributed by atoms with Gasteiger partial charge in [-0.1, -0.05) is 0 Å². The Morgan fingerprint density at radius 2 is 1.97 bits per heavy atom. The Labute approximate surface area is 174 Å². The van der Waals surface area contributed by atoms with Crippen LogP contribution < -0.4 is 10.6 Å². The van der Waals surface area contributed by atoms with Crippen molar-refractivity contribution in [3.63, 3.8) is 0 Å². The number of anilines is 1. The highest BCUT2D eigenvalue weighted by atomic mass is 16.5. The highest BCUT2D eigenvalue weighted by molar-refractivity contribution is 6.34. The van der Waals surface area contributed by atoms with Crippen molar-refractivity contribution >= 4 is 17.6 Å². The summed E-state index contributed by atoms with van der Waals surface area (Å²) < 4.78 is 11.6. The first-order valence-electron chi connectivity index (χ1n) is 9.78. The summed E-state index contributed by atoms with van der Waals surface area (Å²) >= 11 is 0. The fraction of sp³-hybridized carbons (Fsp3) is 0.429. The first kappa shape index (κ1) is 19.9. The maximum atomic E-state index is 11.9. The predicted octanol–water partition coefficient (Wildman–Crippen LogP) is 1.20. The molecule has 4 heterocycles. The van der Waals surface area contributed by atoms with Crippen LogP contribution in [-0.2, 0) is 27.4 Å². The largest absolute Gasteiger partial charge is 0.463 e. The van der Waals surface area contributed by atoms with Gasteiger partial charge in [0.1, 0.15) is 17.6 Å². The molecule has 0 aliphatic carbocycles. The van der Waals surface area contributed by atoms with Gasteiger partial charge in [-0.25, -0.2) is 4.98 Å². The number of piperazine rings is 1. The number of furan rings is 1. The molecule has 0 unspecified atom stereocenters. The maximum Gasteiger partial charge on any atom is 0.311 e. The predicted molar refractivity (Wildman–Crippen MR) is 107 cm³/mol. The van der Waals surface area contributed by atoms with Crippen molar-refractivity contribution in [2.75, 3.05) is 31.1 Å². The number of hydrogen-bond donors (Lipinski definition) is 1. The molecule has 2 aliphatic rings. The van der Waals surface area contributed by atoms with E-state index in [1.165, 1.54) is 4.90 Å². The lowest BCUT2D eigenvalue weighted by molar-refractivity contribution is -0.144. The molecule has 2 amide bonds. The number of carbonyl (C=O) groups excluding carboxylic acids is 2. The van der Waals surface area contributed by atoms with Crippen molar-refractivity contribution in [3.8, 4) is 17.5 Å². The van der Waals surface area contributed by atoms with E-state index in [0.717, 1.165) is 11.1 Å². The van der Waals surface area contributed by atoms with Crippen LogP contribution in [0.3, 0.4) is 0 Å². The number of amides is 2. The molecule has 9 nitrogen and oxygen atoms in total. The fourth-order valence-corrected chi connectivity index (χ4v) is 3.99. The van der Waals surface area contributed by atoms with E-state index in [1.54, 1.807) is 12.3 Å². The standard InChI is InChI=1S/C21H23N5O4/c1-21(2)10-13-14(11-22)19(25-5-7-26(8-6-25)20(28)18(23)27)24-17(15(13)12-30-21)16-4-3-9-29-16/h3-4,9H,5-8,10,12H2,1-2H3,(H2,23,27). The molecule has 0 spiro atoms. The Morgan fingerprint density at radius 1 is 1.23 bits per heavy atom. The van der Waals surface area contributed by atoms with Crippen LogP contribution in [-0.4, -0.2) is 53.5 Å². The molecule has 0 bridgehead atoms. The Hall–Kier alpha value is -3.38. The quantitative estimate of drug-likeness (QED) is 0.739. The van der Waals surface area contributed by atoms with Crippen molar-refractivity contribution in [2.24, 2.45) is 5.73 Å². The van der Waals surface area contributed by atoms with Crippen LogP contribution in [0.4, 0.5) is 5.82 Å². The van der Waals surface area contributed by atoms with Crippen molar-refractivity contribution in [3.05, 3.63) is 35.1 Å². The average Bonchev–Trinajstić information content (AvgIpc) is 3.26. The molecule has 2 aromatic rings. The third-order valence-electron chi connectivity index (χ3n) is 5.55. The average molecular weight is 409 g/mol. The molecule has 2 N–H and O–H groups in total. The summed E-state index contributed by atoms with van der Waals surface area (Å²) in [4.78, 5) is 31.3. The van der Waals surface area contributed by atoms with Crippen LogP contribution in [0.2, 0.25) is 0 Å². The minimum absolute atomic E-state index is 0.329. The molecule has 0 aromatic carbocycles. The van der Waals surface area contributed by atoms with Gasteiger partial charge in [-0.15, -0.1) is 0 Å². The number of pyridine rings is 1. The molecule has 0 atom stereocenters. The molecule has 0 saturated carbocycles. The van der Waals surface area contributed by atoms with Crippen LogP contribution in [0, 0.1) is 11.3 Å². The number of nitrogens with zero attached hydrogens (tertiary/aromatic N) is 4. The first-order valence-corrected chi connectivity index (χ1v) is 9.78. The Balaban J connectivity index is 1.75. The van der Waals surface area contributed by atoms with Crippen molar-refractivity contribution in [1.29, 1.82) is 5.26 Å². The van der Waals surface area contributed by atoms with Gasteiger partial charge in [-0.05, 0) is 31.5 Å².